The molecule has 0 N–H and O–H groups in total. The van der Waals surface area contributed by atoms with E-state index in [1.165, 1.54) is 26.2 Å². The van der Waals surface area contributed by atoms with Crippen molar-refractivity contribution in [2.75, 3.05) is 19.7 Å². The van der Waals surface area contributed by atoms with Crippen molar-refractivity contribution in [1.29, 1.82) is 0 Å². The van der Waals surface area contributed by atoms with Gasteiger partial charge in [-0.1, -0.05) is 42.0 Å². The van der Waals surface area contributed by atoms with Gasteiger partial charge >= 0.3 is 5.69 Å². The molecule has 0 saturated carbocycles. The minimum Gasteiger partial charge on any atom is -0.490 e. The Morgan fingerprint density at radius 1 is 1.00 bits per heavy atom. The third-order valence-electron chi connectivity index (χ3n) is 7.60. The van der Waals surface area contributed by atoms with Crippen LogP contribution in [0.2, 0.25) is 0 Å². The largest absolute Gasteiger partial charge is 0.490 e. The van der Waals surface area contributed by atoms with Crippen molar-refractivity contribution in [3.63, 3.8) is 0 Å². The average molecular weight is 573 g/mol. The van der Waals surface area contributed by atoms with Crippen LogP contribution in [0.4, 0.5) is 5.69 Å². The molecular weight excluding hydrogens is 540 g/mol. The van der Waals surface area contributed by atoms with E-state index >= 15 is 0 Å². The predicted octanol–water partition coefficient (Wildman–Crippen LogP) is 4.37. The first-order valence-electron chi connectivity index (χ1n) is 13.8. The monoisotopic (exact) mass is 572 g/mol. The van der Waals surface area contributed by atoms with Crippen LogP contribution in [0, 0.1) is 17.0 Å². The van der Waals surface area contributed by atoms with Crippen molar-refractivity contribution in [3.05, 3.63) is 108 Å². The topological polar surface area (TPSA) is 126 Å². The Kier molecular flexibility index (Phi) is 8.10. The zero-order valence-electron chi connectivity index (χ0n) is 23.7. The maximum Gasteiger partial charge on any atom is 0.331 e. The second kappa shape index (κ2) is 11.9. The van der Waals surface area contributed by atoms with E-state index in [9.17, 15) is 24.5 Å². The summed E-state index contributed by atoms with van der Waals surface area (Å²) >= 11 is 0. The van der Waals surface area contributed by atoms with Crippen LogP contribution in [0.3, 0.4) is 0 Å². The number of carbonyl (C=O) groups excluding carboxylic acids is 1. The number of aromatic nitrogens is 2. The molecule has 42 heavy (non-hydrogen) atoms. The number of carbonyl (C=O) groups is 1. The summed E-state index contributed by atoms with van der Waals surface area (Å²) in [6, 6.07) is 17.0. The quantitative estimate of drug-likeness (QED) is 0.227. The number of nitro groups is 1. The van der Waals surface area contributed by atoms with E-state index < -0.39 is 22.6 Å². The molecule has 0 aliphatic carbocycles. The van der Waals surface area contributed by atoms with Gasteiger partial charge in [0.2, 0.25) is 0 Å². The second-order valence-corrected chi connectivity index (χ2v) is 10.3. The Bertz CT molecular complexity index is 1770. The standard InChI is InChI=1S/C31H32N4O7/c1-4-41-28-18-26(35(39)40)24(17-27(28)42-19-21-8-6-5-7-9-21)29(36)33-14-12-22(13-15-33)34-30(37)23-16-20(2)10-11-25(23)32(3)31(34)38/h5-11,16-18,22H,4,12-15,19H2,1-3H3. The summed E-state index contributed by atoms with van der Waals surface area (Å²) in [5.41, 5.74) is 1.10. The van der Waals surface area contributed by atoms with Gasteiger partial charge < -0.3 is 14.4 Å². The normalized spacial score (nSPS) is 13.7. The maximum atomic E-state index is 13.7. The molecule has 1 aliphatic rings. The molecule has 11 nitrogen and oxygen atoms in total. The molecule has 0 radical (unpaired) electrons. The van der Waals surface area contributed by atoms with Crippen molar-refractivity contribution in [1.82, 2.24) is 14.0 Å². The van der Waals surface area contributed by atoms with Crippen LogP contribution in [0.15, 0.2) is 70.3 Å². The number of hydrogen-bond donors (Lipinski definition) is 0. The molecule has 1 saturated heterocycles. The van der Waals surface area contributed by atoms with E-state index in [4.69, 9.17) is 9.47 Å². The van der Waals surface area contributed by atoms with Crippen LogP contribution in [-0.4, -0.2) is 44.6 Å². The van der Waals surface area contributed by atoms with Gasteiger partial charge in [0.15, 0.2) is 11.5 Å². The first-order chi connectivity index (χ1) is 20.2. The smallest absolute Gasteiger partial charge is 0.331 e. The van der Waals surface area contributed by atoms with Crippen molar-refractivity contribution >= 4 is 22.5 Å². The SMILES string of the molecule is CCOc1cc([N+](=O)[O-])c(C(=O)N2CCC(n3c(=O)c4cc(C)ccc4n(C)c3=O)CC2)cc1OCc1ccccc1. The van der Waals surface area contributed by atoms with Crippen molar-refractivity contribution < 1.29 is 19.2 Å². The third-order valence-corrected chi connectivity index (χ3v) is 7.60. The molecule has 5 rings (SSSR count). The van der Waals surface area contributed by atoms with Crippen LogP contribution < -0.4 is 20.7 Å². The summed E-state index contributed by atoms with van der Waals surface area (Å²) in [4.78, 5) is 53.1. The summed E-state index contributed by atoms with van der Waals surface area (Å²) < 4.78 is 14.3. The van der Waals surface area contributed by atoms with Crippen molar-refractivity contribution in [2.45, 2.75) is 39.3 Å². The summed E-state index contributed by atoms with van der Waals surface area (Å²) in [7, 11) is 1.64. The molecular formula is C31H32N4O7. The molecule has 0 atom stereocenters. The molecule has 218 valence electrons. The average Bonchev–Trinajstić information content (AvgIpc) is 2.99. The fourth-order valence-electron chi connectivity index (χ4n) is 5.40. The highest BCUT2D eigenvalue weighted by atomic mass is 16.6. The molecule has 2 heterocycles. The van der Waals surface area contributed by atoms with Gasteiger partial charge in [-0.25, -0.2) is 4.79 Å². The lowest BCUT2D eigenvalue weighted by Gasteiger charge is -2.33. The fourth-order valence-corrected chi connectivity index (χ4v) is 5.40. The van der Waals surface area contributed by atoms with Gasteiger partial charge in [0.1, 0.15) is 12.2 Å². The van der Waals surface area contributed by atoms with Crippen molar-refractivity contribution in [3.8, 4) is 11.5 Å². The Hall–Kier alpha value is -4.93. The highest BCUT2D eigenvalue weighted by Crippen LogP contribution is 2.37. The minimum atomic E-state index is -0.607. The molecule has 0 bridgehead atoms. The van der Waals surface area contributed by atoms with Crippen molar-refractivity contribution in [2.24, 2.45) is 7.05 Å². The first-order valence-corrected chi connectivity index (χ1v) is 13.8. The molecule has 1 amide bonds. The number of piperidine rings is 1. The maximum absolute atomic E-state index is 13.7. The first kappa shape index (κ1) is 28.6. The molecule has 1 fully saturated rings. The number of rotatable bonds is 8. The summed E-state index contributed by atoms with van der Waals surface area (Å²) in [6.45, 7) is 4.52. The van der Waals surface area contributed by atoms with E-state index in [-0.39, 0.29) is 54.6 Å². The van der Waals surface area contributed by atoms with Crippen LogP contribution in [0.25, 0.3) is 10.9 Å². The van der Waals surface area contributed by atoms with E-state index in [1.54, 1.807) is 26.1 Å². The van der Waals surface area contributed by atoms with Gasteiger partial charge in [0, 0.05) is 32.2 Å². The number of amides is 1. The Labute approximate surface area is 241 Å². The van der Waals surface area contributed by atoms with Crippen LogP contribution in [0.1, 0.15) is 47.3 Å². The zero-order chi connectivity index (χ0) is 30.0. The van der Waals surface area contributed by atoms with Gasteiger partial charge in [-0.15, -0.1) is 0 Å². The number of nitro benzene ring substituents is 1. The fraction of sp³-hybridized carbons (Fsp3) is 0.323. The van der Waals surface area contributed by atoms with E-state index in [2.05, 4.69) is 0 Å². The lowest BCUT2D eigenvalue weighted by molar-refractivity contribution is -0.385. The number of likely N-dealkylation sites (tertiary alicyclic amines) is 1. The Balaban J connectivity index is 1.41. The van der Waals surface area contributed by atoms with Gasteiger partial charge in [-0.3, -0.25) is 28.8 Å². The number of nitrogens with zero attached hydrogens (tertiary/aromatic N) is 4. The molecule has 1 aromatic heterocycles. The molecule has 0 unspecified atom stereocenters. The van der Waals surface area contributed by atoms with Gasteiger partial charge in [0.05, 0.1) is 28.5 Å². The Morgan fingerprint density at radius 2 is 1.69 bits per heavy atom. The lowest BCUT2D eigenvalue weighted by atomic mass is 10.0. The number of ether oxygens (including phenoxy) is 2. The van der Waals surface area contributed by atoms with Gasteiger partial charge in [0.25, 0.3) is 17.2 Å². The molecule has 4 aromatic rings. The minimum absolute atomic E-state index is 0.112. The number of aryl methyl sites for hydroxylation is 2. The van der Waals surface area contributed by atoms with E-state index in [0.29, 0.717) is 23.7 Å². The summed E-state index contributed by atoms with van der Waals surface area (Å²) in [6.07, 6.45) is 0.695. The molecule has 3 aromatic carbocycles. The van der Waals surface area contributed by atoms with Crippen LogP contribution in [-0.2, 0) is 13.7 Å². The summed E-state index contributed by atoms with van der Waals surface area (Å²) in [5, 5.41) is 12.5. The van der Waals surface area contributed by atoms with Crippen LogP contribution in [0.5, 0.6) is 11.5 Å². The highest BCUT2D eigenvalue weighted by Gasteiger charge is 2.32. The highest BCUT2D eigenvalue weighted by molar-refractivity contribution is 5.99. The summed E-state index contributed by atoms with van der Waals surface area (Å²) in [5.74, 6) is -0.120. The molecule has 1 aliphatic heterocycles. The number of fused-ring (bicyclic) bond motifs is 1. The molecule has 0 spiro atoms. The second-order valence-electron chi connectivity index (χ2n) is 10.3. The number of hydrogen-bond acceptors (Lipinski definition) is 7. The number of benzene rings is 3. The predicted molar refractivity (Wildman–Crippen MR) is 157 cm³/mol. The molecule has 11 heteroatoms. The lowest BCUT2D eigenvalue weighted by Crippen LogP contribution is -2.46. The zero-order valence-corrected chi connectivity index (χ0v) is 23.7. The third kappa shape index (κ3) is 5.50. The Morgan fingerprint density at radius 3 is 2.36 bits per heavy atom. The van der Waals surface area contributed by atoms with Gasteiger partial charge in [-0.2, -0.15) is 0 Å². The van der Waals surface area contributed by atoms with E-state index in [0.717, 1.165) is 11.1 Å². The van der Waals surface area contributed by atoms with E-state index in [1.807, 2.05) is 43.3 Å². The van der Waals surface area contributed by atoms with Crippen LogP contribution >= 0.6 is 0 Å². The van der Waals surface area contributed by atoms with Gasteiger partial charge in [-0.05, 0) is 44.4 Å².